The molecular formula is C17H21ClO. The van der Waals surface area contributed by atoms with Crippen LogP contribution < -0.4 is 4.74 Å². The second-order valence-corrected chi connectivity index (χ2v) is 4.19. The van der Waals surface area contributed by atoms with E-state index in [4.69, 9.17) is 16.3 Å². The normalized spacial score (nSPS) is 11.1. The van der Waals surface area contributed by atoms with E-state index in [0.29, 0.717) is 5.88 Å². The van der Waals surface area contributed by atoms with Gasteiger partial charge in [-0.3, -0.25) is 0 Å². The molecule has 0 saturated carbocycles. The molecule has 2 rings (SSSR count). The van der Waals surface area contributed by atoms with Crippen molar-refractivity contribution >= 4 is 11.6 Å². The van der Waals surface area contributed by atoms with Crippen molar-refractivity contribution < 1.29 is 4.74 Å². The van der Waals surface area contributed by atoms with Crippen molar-refractivity contribution in [3.05, 3.63) is 66.2 Å². The van der Waals surface area contributed by atoms with E-state index in [1.807, 2.05) is 62.4 Å². The predicted octanol–water partition coefficient (Wildman–Crippen LogP) is 5.46. The molecule has 0 amide bonds. The van der Waals surface area contributed by atoms with Gasteiger partial charge in [0.25, 0.3) is 0 Å². The molecule has 0 N–H and O–H groups in total. The fourth-order valence-corrected chi connectivity index (χ4v) is 1.92. The number of rotatable bonds is 5. The lowest BCUT2D eigenvalue weighted by Gasteiger charge is -2.18. The van der Waals surface area contributed by atoms with E-state index in [1.54, 1.807) is 0 Å². The maximum Gasteiger partial charge on any atom is 0.125 e. The van der Waals surface area contributed by atoms with Crippen LogP contribution in [-0.2, 0) is 0 Å². The molecule has 0 aliphatic heterocycles. The van der Waals surface area contributed by atoms with Gasteiger partial charge in [-0.2, -0.15) is 0 Å². The van der Waals surface area contributed by atoms with Gasteiger partial charge in [0.2, 0.25) is 0 Å². The summed E-state index contributed by atoms with van der Waals surface area (Å²) in [7, 11) is 0. The zero-order valence-electron chi connectivity index (χ0n) is 11.6. The third-order valence-corrected chi connectivity index (χ3v) is 2.78. The highest BCUT2D eigenvalue weighted by molar-refractivity contribution is 6.17. The summed E-state index contributed by atoms with van der Waals surface area (Å²) in [5.41, 5.74) is 1.16. The lowest BCUT2D eigenvalue weighted by atomic mass is 10.1. The van der Waals surface area contributed by atoms with Crippen LogP contribution in [0.3, 0.4) is 0 Å². The van der Waals surface area contributed by atoms with Gasteiger partial charge in [0.15, 0.2) is 0 Å². The van der Waals surface area contributed by atoms with Crippen LogP contribution in [0.15, 0.2) is 60.7 Å². The van der Waals surface area contributed by atoms with Crippen LogP contribution in [0.4, 0.5) is 0 Å². The van der Waals surface area contributed by atoms with Crippen molar-refractivity contribution in [2.75, 3.05) is 5.88 Å². The highest BCUT2D eigenvalue weighted by atomic mass is 35.5. The Kier molecular flexibility index (Phi) is 7.76. The Balaban J connectivity index is 0.000000861. The predicted molar refractivity (Wildman–Crippen MR) is 82.9 cm³/mol. The van der Waals surface area contributed by atoms with Gasteiger partial charge in [0, 0.05) is 12.3 Å². The summed E-state index contributed by atoms with van der Waals surface area (Å²) in [5.74, 6) is 1.47. The third-order valence-electron chi connectivity index (χ3n) is 2.56. The Morgan fingerprint density at radius 2 is 1.42 bits per heavy atom. The summed E-state index contributed by atoms with van der Waals surface area (Å²) in [5, 5.41) is 0. The van der Waals surface area contributed by atoms with Crippen molar-refractivity contribution in [1.82, 2.24) is 0 Å². The molecule has 2 aromatic carbocycles. The molecule has 1 nitrogen and oxygen atoms in total. The van der Waals surface area contributed by atoms with Gasteiger partial charge in [0.05, 0.1) is 0 Å². The lowest BCUT2D eigenvalue weighted by molar-refractivity contribution is 0.202. The van der Waals surface area contributed by atoms with E-state index in [2.05, 4.69) is 12.1 Å². The Morgan fingerprint density at radius 3 is 1.95 bits per heavy atom. The third kappa shape index (κ3) is 5.35. The van der Waals surface area contributed by atoms with Gasteiger partial charge in [-0.1, -0.05) is 62.4 Å². The van der Waals surface area contributed by atoms with Crippen molar-refractivity contribution in [2.24, 2.45) is 0 Å². The van der Waals surface area contributed by atoms with E-state index >= 15 is 0 Å². The van der Waals surface area contributed by atoms with Gasteiger partial charge in [0.1, 0.15) is 11.9 Å². The summed E-state index contributed by atoms with van der Waals surface area (Å²) < 4.78 is 5.96. The van der Waals surface area contributed by atoms with Crippen molar-refractivity contribution in [2.45, 2.75) is 26.4 Å². The molecule has 0 spiro atoms. The number of para-hydroxylation sites is 1. The zero-order chi connectivity index (χ0) is 13.9. The summed E-state index contributed by atoms with van der Waals surface area (Å²) in [6.45, 7) is 4.00. The van der Waals surface area contributed by atoms with Crippen LogP contribution in [0, 0.1) is 0 Å². The maximum absolute atomic E-state index is 5.96. The molecule has 0 aliphatic rings. The molecule has 0 heterocycles. The average molecular weight is 277 g/mol. The SMILES string of the molecule is CC.ClCCC(Oc1ccccc1)c1ccccc1. The van der Waals surface area contributed by atoms with Gasteiger partial charge < -0.3 is 4.74 Å². The molecule has 0 bridgehead atoms. The minimum atomic E-state index is 0.0242. The first-order valence-electron chi connectivity index (χ1n) is 6.73. The Hall–Kier alpha value is -1.47. The number of hydrogen-bond donors (Lipinski definition) is 0. The van der Waals surface area contributed by atoms with E-state index in [9.17, 15) is 0 Å². The molecule has 102 valence electrons. The second kappa shape index (κ2) is 9.46. The van der Waals surface area contributed by atoms with Crippen LogP contribution in [0.5, 0.6) is 5.75 Å². The standard InChI is InChI=1S/C15H15ClO.C2H6/c16-12-11-15(13-7-3-1-4-8-13)17-14-9-5-2-6-10-14;1-2/h1-10,15H,11-12H2;1-2H3. The number of benzene rings is 2. The lowest BCUT2D eigenvalue weighted by Crippen LogP contribution is -2.08. The molecule has 2 heteroatoms. The molecule has 1 unspecified atom stereocenters. The van der Waals surface area contributed by atoms with Gasteiger partial charge in [-0.05, 0) is 17.7 Å². The van der Waals surface area contributed by atoms with Crippen molar-refractivity contribution in [3.8, 4) is 5.75 Å². The molecular weight excluding hydrogens is 256 g/mol. The molecule has 2 aromatic rings. The molecule has 0 radical (unpaired) electrons. The van der Waals surface area contributed by atoms with Crippen LogP contribution in [0.25, 0.3) is 0 Å². The monoisotopic (exact) mass is 276 g/mol. The summed E-state index contributed by atoms with van der Waals surface area (Å²) in [6, 6.07) is 20.0. The molecule has 0 aliphatic carbocycles. The Labute approximate surface area is 121 Å². The van der Waals surface area contributed by atoms with Crippen LogP contribution in [-0.4, -0.2) is 5.88 Å². The van der Waals surface area contributed by atoms with Gasteiger partial charge in [-0.15, -0.1) is 11.6 Å². The molecule has 1 atom stereocenters. The van der Waals surface area contributed by atoms with Crippen molar-refractivity contribution in [3.63, 3.8) is 0 Å². The molecule has 0 aromatic heterocycles. The van der Waals surface area contributed by atoms with Crippen LogP contribution >= 0.6 is 11.6 Å². The average Bonchev–Trinajstić information content (AvgIpc) is 2.51. The maximum atomic E-state index is 5.96. The minimum Gasteiger partial charge on any atom is -0.486 e. The highest BCUT2D eigenvalue weighted by Crippen LogP contribution is 2.24. The Bertz CT molecular complexity index is 428. The fraction of sp³-hybridized carbons (Fsp3) is 0.294. The van der Waals surface area contributed by atoms with Gasteiger partial charge >= 0.3 is 0 Å². The van der Waals surface area contributed by atoms with Crippen LogP contribution in [0.1, 0.15) is 31.9 Å². The smallest absolute Gasteiger partial charge is 0.125 e. The summed E-state index contributed by atoms with van der Waals surface area (Å²) in [4.78, 5) is 0. The first-order valence-corrected chi connectivity index (χ1v) is 7.26. The molecule has 19 heavy (non-hydrogen) atoms. The largest absolute Gasteiger partial charge is 0.486 e. The number of hydrogen-bond acceptors (Lipinski definition) is 1. The summed E-state index contributed by atoms with van der Waals surface area (Å²) in [6.07, 6.45) is 0.830. The van der Waals surface area contributed by atoms with Gasteiger partial charge in [-0.25, -0.2) is 0 Å². The second-order valence-electron chi connectivity index (χ2n) is 3.81. The Morgan fingerprint density at radius 1 is 0.895 bits per heavy atom. The van der Waals surface area contributed by atoms with E-state index in [-0.39, 0.29) is 6.10 Å². The first kappa shape index (κ1) is 15.6. The number of ether oxygens (including phenoxy) is 1. The fourth-order valence-electron chi connectivity index (χ4n) is 1.72. The van der Waals surface area contributed by atoms with E-state index in [1.165, 1.54) is 0 Å². The number of halogens is 1. The summed E-state index contributed by atoms with van der Waals surface area (Å²) >= 11 is 5.83. The topological polar surface area (TPSA) is 9.23 Å². The van der Waals surface area contributed by atoms with Crippen molar-refractivity contribution in [1.29, 1.82) is 0 Å². The quantitative estimate of drug-likeness (QED) is 0.659. The molecule has 0 fully saturated rings. The van der Waals surface area contributed by atoms with E-state index < -0.39 is 0 Å². The zero-order valence-corrected chi connectivity index (χ0v) is 12.3. The minimum absolute atomic E-state index is 0.0242. The first-order chi connectivity index (χ1) is 9.40. The highest BCUT2D eigenvalue weighted by Gasteiger charge is 2.11. The van der Waals surface area contributed by atoms with Crippen LogP contribution in [0.2, 0.25) is 0 Å². The molecule has 0 saturated heterocycles. The number of alkyl halides is 1. The van der Waals surface area contributed by atoms with E-state index in [0.717, 1.165) is 17.7 Å².